The molecule has 0 spiro atoms. The molecule has 0 aliphatic rings. The van der Waals surface area contributed by atoms with Gasteiger partial charge in [0.05, 0.1) is 11.9 Å². The van der Waals surface area contributed by atoms with Gasteiger partial charge in [-0.25, -0.2) is 4.39 Å². The first-order valence-corrected chi connectivity index (χ1v) is 4.73. The van der Waals surface area contributed by atoms with Crippen molar-refractivity contribution in [1.29, 1.82) is 5.41 Å². The number of amidine groups is 1. The van der Waals surface area contributed by atoms with Crippen LogP contribution in [0.5, 0.6) is 0 Å². The fourth-order valence-electron chi connectivity index (χ4n) is 1.24. The van der Waals surface area contributed by atoms with Crippen molar-refractivity contribution in [1.82, 2.24) is 4.90 Å². The highest BCUT2D eigenvalue weighted by molar-refractivity contribution is 6.04. The van der Waals surface area contributed by atoms with Crippen LogP contribution < -0.4 is 0 Å². The standard InChI is InChI=1S/C11H14FN3/c1-3-14-11(15(2)8-13)9-6-4-5-7-10(9)12/h4-8,13H,3H2,1-2H3. The van der Waals surface area contributed by atoms with Gasteiger partial charge in [0.1, 0.15) is 11.7 Å². The summed E-state index contributed by atoms with van der Waals surface area (Å²) in [6, 6.07) is 6.43. The summed E-state index contributed by atoms with van der Waals surface area (Å²) in [5.41, 5.74) is 0.422. The molecule has 15 heavy (non-hydrogen) atoms. The summed E-state index contributed by atoms with van der Waals surface area (Å²) in [5.74, 6) is 0.156. The van der Waals surface area contributed by atoms with Crippen molar-refractivity contribution in [2.24, 2.45) is 4.99 Å². The van der Waals surface area contributed by atoms with Gasteiger partial charge in [0, 0.05) is 13.6 Å². The summed E-state index contributed by atoms with van der Waals surface area (Å²) in [4.78, 5) is 5.67. The van der Waals surface area contributed by atoms with Crippen LogP contribution in [0, 0.1) is 11.2 Å². The van der Waals surface area contributed by atoms with E-state index >= 15 is 0 Å². The fraction of sp³-hybridized carbons (Fsp3) is 0.273. The Bertz CT molecular complexity index is 374. The van der Waals surface area contributed by atoms with Gasteiger partial charge in [0.25, 0.3) is 0 Å². The third kappa shape index (κ3) is 2.62. The number of benzene rings is 1. The molecule has 0 saturated carbocycles. The van der Waals surface area contributed by atoms with Crippen LogP contribution in [0.4, 0.5) is 4.39 Å². The Morgan fingerprint density at radius 1 is 1.53 bits per heavy atom. The maximum absolute atomic E-state index is 13.5. The fourth-order valence-corrected chi connectivity index (χ4v) is 1.24. The van der Waals surface area contributed by atoms with Crippen LogP contribution in [0.3, 0.4) is 0 Å². The molecule has 3 nitrogen and oxygen atoms in total. The summed E-state index contributed by atoms with van der Waals surface area (Å²) in [7, 11) is 1.67. The SMILES string of the molecule is CCN=C(c1ccccc1F)N(C)C=N. The zero-order valence-electron chi connectivity index (χ0n) is 8.87. The highest BCUT2D eigenvalue weighted by Crippen LogP contribution is 2.09. The maximum atomic E-state index is 13.5. The number of hydrogen-bond donors (Lipinski definition) is 1. The minimum atomic E-state index is -0.321. The lowest BCUT2D eigenvalue weighted by atomic mass is 10.2. The van der Waals surface area contributed by atoms with Gasteiger partial charge < -0.3 is 4.90 Å². The predicted octanol–water partition coefficient (Wildman–Crippen LogP) is 2.13. The Morgan fingerprint density at radius 2 is 2.20 bits per heavy atom. The Hall–Kier alpha value is -1.71. The van der Waals surface area contributed by atoms with Gasteiger partial charge in [-0.1, -0.05) is 12.1 Å². The molecule has 0 radical (unpaired) electrons. The van der Waals surface area contributed by atoms with Crippen molar-refractivity contribution >= 4 is 12.2 Å². The number of aliphatic imine (C=N–C) groups is 1. The van der Waals surface area contributed by atoms with Gasteiger partial charge in [-0.2, -0.15) is 0 Å². The molecule has 0 bridgehead atoms. The first-order chi connectivity index (χ1) is 7.20. The maximum Gasteiger partial charge on any atom is 0.138 e. The molecule has 0 aromatic heterocycles. The highest BCUT2D eigenvalue weighted by Gasteiger charge is 2.11. The lowest BCUT2D eigenvalue weighted by Gasteiger charge is -2.16. The molecule has 1 aromatic carbocycles. The van der Waals surface area contributed by atoms with Crippen LogP contribution in [0.2, 0.25) is 0 Å². The molecule has 1 aromatic rings. The number of nitrogens with one attached hydrogen (secondary N) is 1. The smallest absolute Gasteiger partial charge is 0.138 e. The molecule has 0 fully saturated rings. The molecule has 1 N–H and O–H groups in total. The van der Waals surface area contributed by atoms with E-state index in [1.807, 2.05) is 6.92 Å². The van der Waals surface area contributed by atoms with Gasteiger partial charge in [-0.05, 0) is 19.1 Å². The average Bonchev–Trinajstić information content (AvgIpc) is 2.26. The van der Waals surface area contributed by atoms with E-state index in [0.29, 0.717) is 17.9 Å². The van der Waals surface area contributed by atoms with Crippen molar-refractivity contribution in [2.75, 3.05) is 13.6 Å². The minimum absolute atomic E-state index is 0.321. The van der Waals surface area contributed by atoms with Crippen LogP contribution in [-0.4, -0.2) is 30.7 Å². The first kappa shape index (κ1) is 11.4. The minimum Gasteiger partial charge on any atom is -0.321 e. The summed E-state index contributed by atoms with van der Waals surface area (Å²) in [6.07, 6.45) is 1.11. The van der Waals surface area contributed by atoms with Crippen LogP contribution >= 0.6 is 0 Å². The van der Waals surface area contributed by atoms with Crippen LogP contribution in [0.15, 0.2) is 29.3 Å². The van der Waals surface area contributed by atoms with Gasteiger partial charge >= 0.3 is 0 Å². The molecule has 0 heterocycles. The summed E-state index contributed by atoms with van der Waals surface area (Å²) >= 11 is 0. The van der Waals surface area contributed by atoms with E-state index in [2.05, 4.69) is 4.99 Å². The normalized spacial score (nSPS) is 11.3. The Morgan fingerprint density at radius 3 is 2.73 bits per heavy atom. The highest BCUT2D eigenvalue weighted by atomic mass is 19.1. The molecule has 0 aliphatic carbocycles. The van der Waals surface area contributed by atoms with Crippen molar-refractivity contribution in [3.63, 3.8) is 0 Å². The van der Waals surface area contributed by atoms with E-state index in [-0.39, 0.29) is 5.82 Å². The molecular formula is C11H14FN3. The second kappa shape index (κ2) is 5.24. The van der Waals surface area contributed by atoms with Crippen LogP contribution in [-0.2, 0) is 0 Å². The Balaban J connectivity index is 3.16. The summed E-state index contributed by atoms with van der Waals surface area (Å²) in [6.45, 7) is 2.43. The summed E-state index contributed by atoms with van der Waals surface area (Å²) < 4.78 is 13.5. The van der Waals surface area contributed by atoms with E-state index in [0.717, 1.165) is 6.34 Å². The number of rotatable bonds is 3. The third-order valence-electron chi connectivity index (χ3n) is 1.95. The van der Waals surface area contributed by atoms with Crippen LogP contribution in [0.25, 0.3) is 0 Å². The molecule has 0 saturated heterocycles. The van der Waals surface area contributed by atoms with E-state index in [1.165, 1.54) is 11.0 Å². The molecule has 1 rings (SSSR count). The molecular weight excluding hydrogens is 193 g/mol. The van der Waals surface area contributed by atoms with Crippen molar-refractivity contribution in [3.05, 3.63) is 35.6 Å². The Kier molecular flexibility index (Phi) is 3.97. The second-order valence-corrected chi connectivity index (χ2v) is 3.02. The van der Waals surface area contributed by atoms with Gasteiger partial charge in [-0.3, -0.25) is 10.4 Å². The number of halogens is 1. The zero-order chi connectivity index (χ0) is 11.3. The molecule has 0 atom stereocenters. The van der Waals surface area contributed by atoms with E-state index in [4.69, 9.17) is 5.41 Å². The molecule has 0 amide bonds. The largest absolute Gasteiger partial charge is 0.321 e. The van der Waals surface area contributed by atoms with Gasteiger partial charge in [-0.15, -0.1) is 0 Å². The van der Waals surface area contributed by atoms with Gasteiger partial charge in [0.15, 0.2) is 0 Å². The van der Waals surface area contributed by atoms with E-state index < -0.39 is 0 Å². The molecule has 0 aliphatic heterocycles. The summed E-state index contributed by atoms with van der Waals surface area (Å²) in [5, 5.41) is 7.13. The monoisotopic (exact) mass is 207 g/mol. The predicted molar refractivity (Wildman–Crippen MR) is 60.0 cm³/mol. The molecule has 0 unspecified atom stereocenters. The molecule has 80 valence electrons. The van der Waals surface area contributed by atoms with Crippen LogP contribution in [0.1, 0.15) is 12.5 Å². The Labute approximate surface area is 88.8 Å². The quantitative estimate of drug-likeness (QED) is 0.598. The number of hydrogen-bond acceptors (Lipinski definition) is 2. The lowest BCUT2D eigenvalue weighted by molar-refractivity contribution is 0.619. The lowest BCUT2D eigenvalue weighted by Crippen LogP contribution is -2.27. The second-order valence-electron chi connectivity index (χ2n) is 3.02. The van der Waals surface area contributed by atoms with Crippen molar-refractivity contribution in [2.45, 2.75) is 6.92 Å². The van der Waals surface area contributed by atoms with Crippen molar-refractivity contribution in [3.8, 4) is 0 Å². The van der Waals surface area contributed by atoms with E-state index in [9.17, 15) is 4.39 Å². The zero-order valence-corrected chi connectivity index (χ0v) is 8.87. The van der Waals surface area contributed by atoms with Gasteiger partial charge in [0.2, 0.25) is 0 Å². The number of nitrogens with zero attached hydrogens (tertiary/aromatic N) is 2. The van der Waals surface area contributed by atoms with Crippen molar-refractivity contribution < 1.29 is 4.39 Å². The van der Waals surface area contributed by atoms with E-state index in [1.54, 1.807) is 25.2 Å². The first-order valence-electron chi connectivity index (χ1n) is 4.73. The topological polar surface area (TPSA) is 39.5 Å². The molecule has 4 heteroatoms. The third-order valence-corrected chi connectivity index (χ3v) is 1.95. The average molecular weight is 207 g/mol.